The standard InChI is InChI=1S/C72H127NO8/c1-6-8-10-12-14-16-18-20-22-24-26-28-29-30-31-32-33-34-35-36-37-38-39-40-41-43-45-47-49-51-53-55-57-59-61-63-70(75)81-68(67-80-72(71(76)77)78-65-64-73(3,4)5)66-79-69(74)62-60-58-56-54-52-50-48-46-44-42-27-25-23-21-19-17-15-13-11-9-7-2/h8,10,14,16,19-22,25-28,44,46,68,72H,6-7,9,11-13,15,17-18,23-24,29-43,45,47-67H2,1-5H3/p+1/b10-8-,16-14-,21-19-,22-20-,27-25-,28-26-,46-44-. The SMILES string of the molecule is CC/C=C\C/C=C\C/C=C\C/C=C\CCCCCCCCCCCCCCCCCCCCCCCCC(=O)OC(COC(=O)CCCCCCCC/C=C\C/C=C\C/C=C\CCCCCCC)COC(OCC[N+](C)(C)C)C(=O)O. The molecule has 0 aliphatic heterocycles. The summed E-state index contributed by atoms with van der Waals surface area (Å²) in [4.78, 5) is 37.6. The summed E-state index contributed by atoms with van der Waals surface area (Å²) < 4.78 is 22.9. The number of hydrogen-bond acceptors (Lipinski definition) is 7. The zero-order chi connectivity index (χ0) is 59.1. The predicted octanol–water partition coefficient (Wildman–Crippen LogP) is 20.7. The van der Waals surface area contributed by atoms with E-state index in [2.05, 4.69) is 98.9 Å². The molecule has 0 heterocycles. The minimum atomic E-state index is -1.52. The van der Waals surface area contributed by atoms with E-state index in [0.29, 0.717) is 11.0 Å². The van der Waals surface area contributed by atoms with Gasteiger partial charge in [0.15, 0.2) is 6.10 Å². The third-order valence-corrected chi connectivity index (χ3v) is 14.6. The van der Waals surface area contributed by atoms with E-state index in [4.69, 9.17) is 18.9 Å². The third-order valence-electron chi connectivity index (χ3n) is 14.6. The van der Waals surface area contributed by atoms with Gasteiger partial charge in [-0.1, -0.05) is 279 Å². The molecule has 0 saturated heterocycles. The number of carboxylic acid groups (broad SMARTS) is 1. The Labute approximate surface area is 500 Å². The number of quaternary nitrogens is 1. The monoisotopic (exact) mass is 1130 g/mol. The zero-order valence-electron chi connectivity index (χ0n) is 53.4. The summed E-state index contributed by atoms with van der Waals surface area (Å²) in [5.74, 6) is -2.01. The fourth-order valence-electron chi connectivity index (χ4n) is 9.48. The fraction of sp³-hybridized carbons (Fsp3) is 0.764. The van der Waals surface area contributed by atoms with Crippen LogP contribution in [0.5, 0.6) is 0 Å². The van der Waals surface area contributed by atoms with Gasteiger partial charge < -0.3 is 28.5 Å². The molecule has 0 rings (SSSR count). The van der Waals surface area contributed by atoms with Gasteiger partial charge in [0.25, 0.3) is 6.29 Å². The van der Waals surface area contributed by atoms with Crippen molar-refractivity contribution in [1.82, 2.24) is 0 Å². The van der Waals surface area contributed by atoms with Crippen LogP contribution in [0.25, 0.3) is 0 Å². The molecule has 81 heavy (non-hydrogen) atoms. The molecule has 1 N–H and O–H groups in total. The van der Waals surface area contributed by atoms with Crippen LogP contribution in [0.2, 0.25) is 0 Å². The minimum Gasteiger partial charge on any atom is -0.477 e. The van der Waals surface area contributed by atoms with Gasteiger partial charge in [-0.3, -0.25) is 9.59 Å². The van der Waals surface area contributed by atoms with E-state index < -0.39 is 24.3 Å². The molecule has 0 saturated carbocycles. The lowest BCUT2D eigenvalue weighted by Crippen LogP contribution is -2.40. The van der Waals surface area contributed by atoms with Gasteiger partial charge >= 0.3 is 17.9 Å². The number of aliphatic carboxylic acids is 1. The molecule has 0 aromatic carbocycles. The summed E-state index contributed by atoms with van der Waals surface area (Å²) in [5, 5.41) is 9.73. The van der Waals surface area contributed by atoms with Crippen molar-refractivity contribution in [2.75, 3.05) is 47.5 Å². The molecule has 0 spiro atoms. The van der Waals surface area contributed by atoms with Gasteiger partial charge in [0.05, 0.1) is 34.4 Å². The second-order valence-electron chi connectivity index (χ2n) is 23.7. The van der Waals surface area contributed by atoms with Crippen LogP contribution in [0.4, 0.5) is 0 Å². The highest BCUT2D eigenvalue weighted by atomic mass is 16.7. The molecule has 2 unspecified atom stereocenters. The highest BCUT2D eigenvalue weighted by molar-refractivity contribution is 5.71. The van der Waals surface area contributed by atoms with Crippen molar-refractivity contribution in [3.05, 3.63) is 85.1 Å². The van der Waals surface area contributed by atoms with Gasteiger partial charge in [0.1, 0.15) is 13.2 Å². The Morgan fingerprint density at radius 3 is 1.05 bits per heavy atom. The Kier molecular flexibility index (Phi) is 59.8. The first kappa shape index (κ1) is 77.5. The van der Waals surface area contributed by atoms with Crippen LogP contribution in [0.1, 0.15) is 296 Å². The van der Waals surface area contributed by atoms with Crippen molar-refractivity contribution in [2.24, 2.45) is 0 Å². The number of carboxylic acids is 1. The van der Waals surface area contributed by atoms with Crippen molar-refractivity contribution >= 4 is 17.9 Å². The van der Waals surface area contributed by atoms with E-state index in [1.807, 2.05) is 21.1 Å². The van der Waals surface area contributed by atoms with E-state index in [0.717, 1.165) is 89.9 Å². The van der Waals surface area contributed by atoms with Crippen LogP contribution in [0, 0.1) is 0 Å². The normalized spacial score (nSPS) is 13.2. The van der Waals surface area contributed by atoms with Crippen LogP contribution < -0.4 is 0 Å². The number of carbonyl (C=O) groups is 3. The summed E-state index contributed by atoms with van der Waals surface area (Å²) in [5.41, 5.74) is 0. The Balaban J connectivity index is 4.09. The van der Waals surface area contributed by atoms with E-state index in [9.17, 15) is 19.5 Å². The smallest absolute Gasteiger partial charge is 0.361 e. The van der Waals surface area contributed by atoms with Crippen LogP contribution in [0.3, 0.4) is 0 Å². The number of unbranched alkanes of at least 4 members (excludes halogenated alkanes) is 33. The predicted molar refractivity (Wildman–Crippen MR) is 346 cm³/mol. The van der Waals surface area contributed by atoms with Crippen LogP contribution >= 0.6 is 0 Å². The largest absolute Gasteiger partial charge is 0.477 e. The van der Waals surface area contributed by atoms with Crippen LogP contribution in [0.15, 0.2) is 85.1 Å². The molecule has 0 aliphatic rings. The van der Waals surface area contributed by atoms with Gasteiger partial charge in [0, 0.05) is 12.8 Å². The summed E-state index contributed by atoms with van der Waals surface area (Å²) in [6.45, 7) is 4.77. The molecular formula is C72H128NO8+. The van der Waals surface area contributed by atoms with Gasteiger partial charge in [-0.05, 0) is 89.9 Å². The second-order valence-corrected chi connectivity index (χ2v) is 23.7. The summed E-state index contributed by atoms with van der Waals surface area (Å²) in [7, 11) is 5.97. The number of rotatable bonds is 62. The number of carbonyl (C=O) groups excluding carboxylic acids is 2. The summed E-state index contributed by atoms with van der Waals surface area (Å²) in [6.07, 6.45) is 81.2. The van der Waals surface area contributed by atoms with Gasteiger partial charge in [-0.15, -0.1) is 0 Å². The molecule has 468 valence electrons. The summed E-state index contributed by atoms with van der Waals surface area (Å²) in [6, 6.07) is 0. The lowest BCUT2D eigenvalue weighted by Gasteiger charge is -2.25. The van der Waals surface area contributed by atoms with E-state index in [-0.39, 0.29) is 38.6 Å². The molecule has 9 heteroatoms. The highest BCUT2D eigenvalue weighted by Gasteiger charge is 2.25. The minimum absolute atomic E-state index is 0.184. The highest BCUT2D eigenvalue weighted by Crippen LogP contribution is 2.17. The Morgan fingerprint density at radius 2 is 0.704 bits per heavy atom. The van der Waals surface area contributed by atoms with Crippen molar-refractivity contribution in [2.45, 2.75) is 309 Å². The van der Waals surface area contributed by atoms with Crippen molar-refractivity contribution < 1.29 is 42.9 Å². The lowest BCUT2D eigenvalue weighted by atomic mass is 10.0. The van der Waals surface area contributed by atoms with Gasteiger partial charge in [0.2, 0.25) is 0 Å². The first-order chi connectivity index (χ1) is 39.6. The Morgan fingerprint density at radius 1 is 0.383 bits per heavy atom. The average Bonchev–Trinajstić information content (AvgIpc) is 3.44. The molecule has 9 nitrogen and oxygen atoms in total. The quantitative estimate of drug-likeness (QED) is 0.0211. The Bertz CT molecular complexity index is 1600. The number of allylic oxidation sites excluding steroid dienone is 14. The van der Waals surface area contributed by atoms with E-state index in [1.54, 1.807) is 0 Å². The van der Waals surface area contributed by atoms with Gasteiger partial charge in [-0.25, -0.2) is 4.79 Å². The average molecular weight is 1140 g/mol. The Hall–Kier alpha value is -3.53. The van der Waals surface area contributed by atoms with Gasteiger partial charge in [-0.2, -0.15) is 0 Å². The zero-order valence-corrected chi connectivity index (χ0v) is 53.4. The molecular weight excluding hydrogens is 1010 g/mol. The maximum Gasteiger partial charge on any atom is 0.361 e. The topological polar surface area (TPSA) is 108 Å². The molecule has 0 radical (unpaired) electrons. The van der Waals surface area contributed by atoms with Crippen LogP contribution in [-0.2, 0) is 33.3 Å². The maximum atomic E-state index is 12.9. The fourth-order valence-corrected chi connectivity index (χ4v) is 9.48. The van der Waals surface area contributed by atoms with Crippen molar-refractivity contribution in [1.29, 1.82) is 0 Å². The molecule has 0 fully saturated rings. The molecule has 2 atom stereocenters. The number of esters is 2. The van der Waals surface area contributed by atoms with E-state index in [1.165, 1.54) is 180 Å². The number of likely N-dealkylation sites (N-methyl/N-ethyl adjacent to an activating group) is 1. The third kappa shape index (κ3) is 63.9. The number of nitrogens with zero attached hydrogens (tertiary/aromatic N) is 1. The molecule has 0 aliphatic carbocycles. The number of hydrogen-bond donors (Lipinski definition) is 1. The lowest BCUT2D eigenvalue weighted by molar-refractivity contribution is -0.870. The molecule has 0 amide bonds. The van der Waals surface area contributed by atoms with Crippen molar-refractivity contribution in [3.63, 3.8) is 0 Å². The first-order valence-corrected chi connectivity index (χ1v) is 33.8. The van der Waals surface area contributed by atoms with Crippen molar-refractivity contribution in [3.8, 4) is 0 Å². The maximum absolute atomic E-state index is 12.9. The molecule has 0 aromatic heterocycles. The molecule has 0 bridgehead atoms. The summed E-state index contributed by atoms with van der Waals surface area (Å²) >= 11 is 0. The molecule has 0 aromatic rings. The van der Waals surface area contributed by atoms with E-state index >= 15 is 0 Å². The number of ether oxygens (including phenoxy) is 4. The first-order valence-electron chi connectivity index (χ1n) is 33.8. The van der Waals surface area contributed by atoms with Crippen LogP contribution in [-0.4, -0.2) is 87.4 Å². The second kappa shape index (κ2) is 62.5.